The standard InChI is InChI=1S/C20H18ClN5OS/c1-13-18(23-17-6-4-3-5-16(17)22-13)12-28-20-25-24-19(26(20)2)11-27-15-9-7-14(21)8-10-15/h3-10H,11-12H2,1-2H3. The Balaban J connectivity index is 1.43. The molecule has 0 fully saturated rings. The van der Waals surface area contributed by atoms with E-state index in [1.54, 1.807) is 23.9 Å². The monoisotopic (exact) mass is 411 g/mol. The first-order valence-electron chi connectivity index (χ1n) is 8.72. The minimum Gasteiger partial charge on any atom is -0.486 e. The van der Waals surface area contributed by atoms with Crippen molar-refractivity contribution in [2.45, 2.75) is 24.4 Å². The Morgan fingerprint density at radius 2 is 1.71 bits per heavy atom. The molecule has 8 heteroatoms. The fraction of sp³-hybridized carbons (Fsp3) is 0.200. The molecule has 4 rings (SSSR count). The summed E-state index contributed by atoms with van der Waals surface area (Å²) in [6.45, 7) is 2.32. The van der Waals surface area contributed by atoms with Crippen LogP contribution in [0, 0.1) is 6.92 Å². The van der Waals surface area contributed by atoms with Crippen molar-refractivity contribution in [3.05, 3.63) is 70.8 Å². The van der Waals surface area contributed by atoms with E-state index in [1.165, 1.54) is 0 Å². The van der Waals surface area contributed by atoms with E-state index in [9.17, 15) is 0 Å². The molecular weight excluding hydrogens is 394 g/mol. The van der Waals surface area contributed by atoms with Crippen LogP contribution in [-0.4, -0.2) is 24.7 Å². The predicted molar refractivity (Wildman–Crippen MR) is 111 cm³/mol. The van der Waals surface area contributed by atoms with E-state index in [-0.39, 0.29) is 0 Å². The second kappa shape index (κ2) is 8.16. The molecule has 0 saturated heterocycles. The molecule has 4 aromatic rings. The number of para-hydroxylation sites is 2. The van der Waals surface area contributed by atoms with Crippen molar-refractivity contribution in [3.63, 3.8) is 0 Å². The SMILES string of the molecule is Cc1nc2ccccc2nc1CSc1nnc(COc2ccc(Cl)cc2)n1C. The van der Waals surface area contributed by atoms with Gasteiger partial charge >= 0.3 is 0 Å². The van der Waals surface area contributed by atoms with E-state index >= 15 is 0 Å². The maximum atomic E-state index is 5.89. The summed E-state index contributed by atoms with van der Waals surface area (Å²) in [7, 11) is 1.93. The van der Waals surface area contributed by atoms with Gasteiger partial charge in [0.15, 0.2) is 11.0 Å². The van der Waals surface area contributed by atoms with E-state index in [0.29, 0.717) is 17.4 Å². The third-order valence-electron chi connectivity index (χ3n) is 4.29. The van der Waals surface area contributed by atoms with Crippen LogP contribution in [0.2, 0.25) is 5.02 Å². The lowest BCUT2D eigenvalue weighted by molar-refractivity contribution is 0.290. The molecule has 0 amide bonds. The van der Waals surface area contributed by atoms with Crippen LogP contribution in [0.4, 0.5) is 0 Å². The fourth-order valence-corrected chi connectivity index (χ4v) is 3.73. The van der Waals surface area contributed by atoms with Crippen LogP contribution in [-0.2, 0) is 19.4 Å². The molecule has 0 atom stereocenters. The maximum Gasteiger partial charge on any atom is 0.191 e. The van der Waals surface area contributed by atoms with Gasteiger partial charge in [0.1, 0.15) is 12.4 Å². The first kappa shape index (κ1) is 18.7. The zero-order chi connectivity index (χ0) is 19.5. The van der Waals surface area contributed by atoms with Crippen molar-refractivity contribution < 1.29 is 4.74 Å². The van der Waals surface area contributed by atoms with E-state index in [4.69, 9.17) is 21.3 Å². The molecule has 28 heavy (non-hydrogen) atoms. The Morgan fingerprint density at radius 1 is 1.00 bits per heavy atom. The Bertz CT molecular complexity index is 1110. The summed E-state index contributed by atoms with van der Waals surface area (Å²) in [5.41, 5.74) is 3.69. The van der Waals surface area contributed by atoms with Crippen molar-refractivity contribution in [1.82, 2.24) is 24.7 Å². The molecule has 142 valence electrons. The highest BCUT2D eigenvalue weighted by atomic mass is 35.5. The third kappa shape index (κ3) is 4.10. The Labute approximate surface area is 171 Å². The molecule has 2 heterocycles. The molecule has 0 bridgehead atoms. The summed E-state index contributed by atoms with van der Waals surface area (Å²) >= 11 is 7.47. The second-order valence-electron chi connectivity index (χ2n) is 6.23. The highest BCUT2D eigenvalue weighted by Gasteiger charge is 2.12. The number of benzene rings is 2. The number of nitrogens with zero attached hydrogens (tertiary/aromatic N) is 5. The summed E-state index contributed by atoms with van der Waals surface area (Å²) in [6.07, 6.45) is 0. The summed E-state index contributed by atoms with van der Waals surface area (Å²) in [5.74, 6) is 2.16. The van der Waals surface area contributed by atoms with E-state index < -0.39 is 0 Å². The maximum absolute atomic E-state index is 5.89. The van der Waals surface area contributed by atoms with E-state index in [1.807, 2.05) is 54.9 Å². The molecule has 0 spiro atoms. The molecule has 0 aliphatic carbocycles. The van der Waals surface area contributed by atoms with E-state index in [2.05, 4.69) is 15.2 Å². The van der Waals surface area contributed by atoms with Gasteiger partial charge in [-0.15, -0.1) is 10.2 Å². The number of ether oxygens (including phenoxy) is 1. The van der Waals surface area contributed by atoms with Crippen LogP contribution in [0.15, 0.2) is 53.7 Å². The lowest BCUT2D eigenvalue weighted by Crippen LogP contribution is -2.04. The second-order valence-corrected chi connectivity index (χ2v) is 7.61. The summed E-state index contributed by atoms with van der Waals surface area (Å²) in [4.78, 5) is 9.37. The molecule has 0 N–H and O–H groups in total. The number of hydrogen-bond acceptors (Lipinski definition) is 6. The lowest BCUT2D eigenvalue weighted by atomic mass is 10.2. The number of fused-ring (bicyclic) bond motifs is 1. The molecular formula is C20H18ClN5OS. The van der Waals surface area contributed by atoms with Gasteiger partial charge in [0.2, 0.25) is 0 Å². The van der Waals surface area contributed by atoms with Crippen LogP contribution in [0.1, 0.15) is 17.2 Å². The smallest absolute Gasteiger partial charge is 0.191 e. The highest BCUT2D eigenvalue weighted by molar-refractivity contribution is 7.98. The highest BCUT2D eigenvalue weighted by Crippen LogP contribution is 2.23. The van der Waals surface area contributed by atoms with Gasteiger partial charge in [-0.1, -0.05) is 35.5 Å². The van der Waals surface area contributed by atoms with Gasteiger partial charge in [-0.05, 0) is 43.3 Å². The largest absolute Gasteiger partial charge is 0.486 e. The third-order valence-corrected chi connectivity index (χ3v) is 5.57. The molecule has 0 aliphatic rings. The molecule has 0 aliphatic heterocycles. The van der Waals surface area contributed by atoms with Crippen LogP contribution < -0.4 is 4.74 Å². The Hall–Kier alpha value is -2.64. The van der Waals surface area contributed by atoms with Gasteiger partial charge < -0.3 is 9.30 Å². The molecule has 6 nitrogen and oxygen atoms in total. The van der Waals surface area contributed by atoms with Crippen molar-refractivity contribution in [3.8, 4) is 5.75 Å². The van der Waals surface area contributed by atoms with Crippen LogP contribution >= 0.6 is 23.4 Å². The number of thioether (sulfide) groups is 1. The van der Waals surface area contributed by atoms with Crippen LogP contribution in [0.3, 0.4) is 0 Å². The number of aromatic nitrogens is 5. The van der Waals surface area contributed by atoms with Crippen molar-refractivity contribution in [2.24, 2.45) is 7.05 Å². The van der Waals surface area contributed by atoms with Crippen LogP contribution in [0.25, 0.3) is 11.0 Å². The predicted octanol–water partition coefficient (Wildman–Crippen LogP) is 4.59. The summed E-state index contributed by atoms with van der Waals surface area (Å²) < 4.78 is 7.69. The quantitative estimate of drug-likeness (QED) is 0.432. The molecule has 0 unspecified atom stereocenters. The number of rotatable bonds is 6. The van der Waals surface area contributed by atoms with Gasteiger partial charge in [0.25, 0.3) is 0 Å². The van der Waals surface area contributed by atoms with Crippen molar-refractivity contribution >= 4 is 34.4 Å². The van der Waals surface area contributed by atoms with E-state index in [0.717, 1.165) is 39.2 Å². The number of aryl methyl sites for hydroxylation is 1. The zero-order valence-electron chi connectivity index (χ0n) is 15.5. The summed E-state index contributed by atoms with van der Waals surface area (Å²) in [5, 5.41) is 10.0. The van der Waals surface area contributed by atoms with Gasteiger partial charge in [0, 0.05) is 17.8 Å². The molecule has 0 radical (unpaired) electrons. The molecule has 2 aromatic carbocycles. The van der Waals surface area contributed by atoms with Crippen LogP contribution in [0.5, 0.6) is 5.75 Å². The first-order valence-corrected chi connectivity index (χ1v) is 10.1. The Kier molecular flexibility index (Phi) is 5.45. The fourth-order valence-electron chi connectivity index (χ4n) is 2.67. The van der Waals surface area contributed by atoms with Gasteiger partial charge in [-0.3, -0.25) is 0 Å². The number of halogens is 1. The average molecular weight is 412 g/mol. The topological polar surface area (TPSA) is 65.7 Å². The lowest BCUT2D eigenvalue weighted by Gasteiger charge is -2.08. The first-order chi connectivity index (χ1) is 13.6. The zero-order valence-corrected chi connectivity index (χ0v) is 17.0. The minimum atomic E-state index is 0.334. The van der Waals surface area contributed by atoms with Gasteiger partial charge in [-0.25, -0.2) is 9.97 Å². The Morgan fingerprint density at radius 3 is 2.46 bits per heavy atom. The minimum absolute atomic E-state index is 0.334. The normalized spacial score (nSPS) is 11.1. The molecule has 0 saturated carbocycles. The van der Waals surface area contributed by atoms with Gasteiger partial charge in [0.05, 0.1) is 22.4 Å². The number of hydrogen-bond donors (Lipinski definition) is 0. The molecule has 2 aromatic heterocycles. The van der Waals surface area contributed by atoms with Crippen molar-refractivity contribution in [1.29, 1.82) is 0 Å². The average Bonchev–Trinajstić information content (AvgIpc) is 3.05. The summed E-state index contributed by atoms with van der Waals surface area (Å²) in [6, 6.07) is 15.1. The van der Waals surface area contributed by atoms with Crippen molar-refractivity contribution in [2.75, 3.05) is 0 Å². The van der Waals surface area contributed by atoms with Gasteiger partial charge in [-0.2, -0.15) is 0 Å².